The summed E-state index contributed by atoms with van der Waals surface area (Å²) in [5.74, 6) is -0.795. The topological polar surface area (TPSA) is 72.5 Å². The van der Waals surface area contributed by atoms with Crippen LogP contribution in [0, 0.1) is 6.92 Å². The Kier molecular flexibility index (Phi) is 3.24. The lowest BCUT2D eigenvalue weighted by Crippen LogP contribution is -2.28. The normalized spacial score (nSPS) is 17.3. The summed E-state index contributed by atoms with van der Waals surface area (Å²) in [6, 6.07) is 2.52. The molecule has 2 rings (SSSR count). The van der Waals surface area contributed by atoms with E-state index in [4.69, 9.17) is 0 Å². The van der Waals surface area contributed by atoms with E-state index in [1.165, 1.54) is 13.0 Å². The zero-order valence-corrected chi connectivity index (χ0v) is 12.1. The van der Waals surface area contributed by atoms with Crippen LogP contribution >= 0.6 is 0 Å². The Morgan fingerprint density at radius 2 is 1.81 bits per heavy atom. The van der Waals surface area contributed by atoms with Crippen LogP contribution in [-0.4, -0.2) is 19.8 Å². The van der Waals surface area contributed by atoms with E-state index in [9.17, 15) is 26.4 Å². The van der Waals surface area contributed by atoms with Gasteiger partial charge in [0, 0.05) is 11.8 Å². The molecule has 0 bridgehead atoms. The molecule has 0 aliphatic carbocycles. The average molecular weight is 323 g/mol. The maximum atomic E-state index is 12.3. The number of carbonyl (C=O) groups excluding carboxylic acids is 1. The molecule has 1 heterocycles. The third-order valence-electron chi connectivity index (χ3n) is 3.29. The molecule has 1 aliphatic heterocycles. The first-order chi connectivity index (χ1) is 9.36. The molecule has 0 spiro atoms. The number of alkyl halides is 3. The van der Waals surface area contributed by atoms with Crippen LogP contribution in [0.5, 0.6) is 5.75 Å². The summed E-state index contributed by atoms with van der Waals surface area (Å²) < 4.78 is 63.2. The van der Waals surface area contributed by atoms with E-state index in [0.717, 1.165) is 6.07 Å². The van der Waals surface area contributed by atoms with Gasteiger partial charge in [0.15, 0.2) is 0 Å². The van der Waals surface area contributed by atoms with Crippen molar-refractivity contribution >= 4 is 21.7 Å². The highest BCUT2D eigenvalue weighted by Gasteiger charge is 2.49. The first kappa shape index (κ1) is 15.6. The number of hydrogen-bond acceptors (Lipinski definition) is 4. The molecule has 0 saturated heterocycles. The summed E-state index contributed by atoms with van der Waals surface area (Å²) in [7, 11) is -5.75. The summed E-state index contributed by atoms with van der Waals surface area (Å²) in [6.07, 6.45) is 0. The number of amides is 1. The van der Waals surface area contributed by atoms with Crippen molar-refractivity contribution in [2.45, 2.75) is 31.7 Å². The van der Waals surface area contributed by atoms with Crippen molar-refractivity contribution in [3.05, 3.63) is 23.3 Å². The molecule has 9 heteroatoms. The lowest BCUT2D eigenvalue weighted by molar-refractivity contribution is -0.119. The maximum Gasteiger partial charge on any atom is 0.534 e. The van der Waals surface area contributed by atoms with Crippen molar-refractivity contribution in [1.82, 2.24) is 0 Å². The van der Waals surface area contributed by atoms with E-state index < -0.39 is 26.8 Å². The predicted molar refractivity (Wildman–Crippen MR) is 68.4 cm³/mol. The summed E-state index contributed by atoms with van der Waals surface area (Å²) in [4.78, 5) is 11.8. The SMILES string of the molecule is Cc1cc2c(cc1OS(=O)(=O)C(F)(F)F)NC(=O)C2(C)C. The monoisotopic (exact) mass is 323 g/mol. The molecule has 1 aromatic carbocycles. The van der Waals surface area contributed by atoms with E-state index in [-0.39, 0.29) is 17.2 Å². The van der Waals surface area contributed by atoms with Gasteiger partial charge in [0.05, 0.1) is 5.41 Å². The fourth-order valence-corrected chi connectivity index (χ4v) is 2.48. The molecule has 0 fully saturated rings. The molecule has 1 amide bonds. The van der Waals surface area contributed by atoms with Crippen LogP contribution < -0.4 is 9.50 Å². The van der Waals surface area contributed by atoms with Gasteiger partial charge in [-0.15, -0.1) is 0 Å². The Bertz CT molecular complexity index is 723. The zero-order chi connectivity index (χ0) is 16.2. The Morgan fingerprint density at radius 3 is 2.33 bits per heavy atom. The lowest BCUT2D eigenvalue weighted by Gasteiger charge is -2.17. The number of halogens is 3. The Morgan fingerprint density at radius 1 is 1.24 bits per heavy atom. The van der Waals surface area contributed by atoms with Crippen LogP contribution in [0.2, 0.25) is 0 Å². The molecule has 116 valence electrons. The number of hydrogen-bond donors (Lipinski definition) is 1. The predicted octanol–water partition coefficient (Wildman–Crippen LogP) is 2.45. The third-order valence-corrected chi connectivity index (χ3v) is 4.25. The van der Waals surface area contributed by atoms with Gasteiger partial charge in [0.25, 0.3) is 0 Å². The number of nitrogens with one attached hydrogen (secondary N) is 1. The van der Waals surface area contributed by atoms with Gasteiger partial charge >= 0.3 is 15.6 Å². The summed E-state index contributed by atoms with van der Waals surface area (Å²) in [6.45, 7) is 4.71. The highest BCUT2D eigenvalue weighted by molar-refractivity contribution is 7.88. The number of aryl methyl sites for hydroxylation is 1. The Hall–Kier alpha value is -1.77. The van der Waals surface area contributed by atoms with Gasteiger partial charge in [-0.3, -0.25) is 4.79 Å². The van der Waals surface area contributed by atoms with Gasteiger partial charge in [0.1, 0.15) is 5.75 Å². The fourth-order valence-electron chi connectivity index (χ4n) is 1.96. The first-order valence-electron chi connectivity index (χ1n) is 5.83. The quantitative estimate of drug-likeness (QED) is 0.670. The van der Waals surface area contributed by atoms with Gasteiger partial charge < -0.3 is 9.50 Å². The highest BCUT2D eigenvalue weighted by Crippen LogP contribution is 2.41. The van der Waals surface area contributed by atoms with Crippen molar-refractivity contribution in [3.63, 3.8) is 0 Å². The average Bonchev–Trinajstić information content (AvgIpc) is 2.50. The molecule has 21 heavy (non-hydrogen) atoms. The van der Waals surface area contributed by atoms with Gasteiger partial charge in [-0.1, -0.05) is 0 Å². The van der Waals surface area contributed by atoms with Crippen molar-refractivity contribution in [2.75, 3.05) is 5.32 Å². The van der Waals surface area contributed by atoms with Crippen LogP contribution in [0.15, 0.2) is 12.1 Å². The minimum Gasteiger partial charge on any atom is -0.376 e. The molecule has 0 radical (unpaired) electrons. The summed E-state index contributed by atoms with van der Waals surface area (Å²) >= 11 is 0. The lowest BCUT2D eigenvalue weighted by atomic mass is 9.85. The van der Waals surface area contributed by atoms with Crippen molar-refractivity contribution < 1.29 is 30.6 Å². The fraction of sp³-hybridized carbons (Fsp3) is 0.417. The van der Waals surface area contributed by atoms with Crippen LogP contribution in [0.25, 0.3) is 0 Å². The van der Waals surface area contributed by atoms with E-state index in [1.807, 2.05) is 0 Å². The molecule has 0 saturated carbocycles. The summed E-state index contributed by atoms with van der Waals surface area (Å²) in [5.41, 5.74) is -5.36. The maximum absolute atomic E-state index is 12.3. The van der Waals surface area contributed by atoms with Crippen LogP contribution in [0.3, 0.4) is 0 Å². The minimum atomic E-state index is -5.75. The van der Waals surface area contributed by atoms with E-state index >= 15 is 0 Å². The van der Waals surface area contributed by atoms with Gasteiger partial charge in [-0.2, -0.15) is 21.6 Å². The Labute approximate surface area is 119 Å². The molecular formula is C12H12F3NO4S. The molecule has 0 aromatic heterocycles. The van der Waals surface area contributed by atoms with Crippen molar-refractivity contribution in [1.29, 1.82) is 0 Å². The van der Waals surface area contributed by atoms with Crippen LogP contribution in [0.4, 0.5) is 18.9 Å². The Balaban J connectivity index is 2.48. The second-order valence-corrected chi connectivity index (χ2v) is 6.76. The number of rotatable bonds is 2. The van der Waals surface area contributed by atoms with Gasteiger partial charge in [-0.25, -0.2) is 0 Å². The zero-order valence-electron chi connectivity index (χ0n) is 11.3. The number of fused-ring (bicyclic) bond motifs is 1. The molecule has 0 atom stereocenters. The molecule has 1 aromatic rings. The molecular weight excluding hydrogens is 311 g/mol. The van der Waals surface area contributed by atoms with E-state index in [0.29, 0.717) is 5.56 Å². The van der Waals surface area contributed by atoms with Crippen LogP contribution in [-0.2, 0) is 20.3 Å². The van der Waals surface area contributed by atoms with Gasteiger partial charge in [-0.05, 0) is 38.0 Å². The van der Waals surface area contributed by atoms with Crippen LogP contribution in [0.1, 0.15) is 25.0 Å². The van der Waals surface area contributed by atoms with Crippen molar-refractivity contribution in [2.24, 2.45) is 0 Å². The number of carbonyl (C=O) groups is 1. The smallest absolute Gasteiger partial charge is 0.376 e. The first-order valence-corrected chi connectivity index (χ1v) is 7.24. The number of anilines is 1. The number of benzene rings is 1. The molecule has 1 N–H and O–H groups in total. The van der Waals surface area contributed by atoms with E-state index in [1.54, 1.807) is 13.8 Å². The van der Waals surface area contributed by atoms with Crippen molar-refractivity contribution in [3.8, 4) is 5.75 Å². The highest BCUT2D eigenvalue weighted by atomic mass is 32.2. The third kappa shape index (κ3) is 2.45. The van der Waals surface area contributed by atoms with Gasteiger partial charge in [0.2, 0.25) is 5.91 Å². The minimum absolute atomic E-state index is 0.186. The molecule has 1 aliphatic rings. The van der Waals surface area contributed by atoms with E-state index in [2.05, 4.69) is 9.50 Å². The molecule has 5 nitrogen and oxygen atoms in total. The second-order valence-electron chi connectivity index (χ2n) is 5.23. The summed E-state index contributed by atoms with van der Waals surface area (Å²) in [5, 5.41) is 2.48. The standard InChI is InChI=1S/C12H12F3NO4S/c1-6-4-7-8(16-10(17)11(7,2)3)5-9(6)20-21(18,19)12(13,14)15/h4-5H,1-3H3,(H,16,17). The molecule has 0 unspecified atom stereocenters. The largest absolute Gasteiger partial charge is 0.534 e. The second kappa shape index (κ2) is 4.36.